The van der Waals surface area contributed by atoms with Crippen molar-refractivity contribution in [1.29, 1.82) is 0 Å². The average Bonchev–Trinajstić information content (AvgIpc) is 2.93. The second-order valence-corrected chi connectivity index (χ2v) is 9.62. The van der Waals surface area contributed by atoms with E-state index >= 15 is 0 Å². The lowest BCUT2D eigenvalue weighted by molar-refractivity contribution is -0.115. The molecule has 1 aromatic carbocycles. The normalized spacial score (nSPS) is 23.2. The number of thioether (sulfide) groups is 1. The maximum atomic E-state index is 13.4. The van der Waals surface area contributed by atoms with Crippen LogP contribution < -0.4 is 10.2 Å². The minimum absolute atomic E-state index is 0.0368. The molecule has 1 N–H and O–H groups in total. The van der Waals surface area contributed by atoms with E-state index in [4.69, 9.17) is 0 Å². The largest absolute Gasteiger partial charge is 0.319 e. The molecular formula is C24H28N4O2S. The van der Waals surface area contributed by atoms with E-state index < -0.39 is 0 Å². The number of pyridine rings is 1. The molecule has 5 rings (SSSR count). The zero-order chi connectivity index (χ0) is 21.2. The van der Waals surface area contributed by atoms with Gasteiger partial charge in [-0.05, 0) is 74.7 Å². The molecule has 4 heterocycles. The van der Waals surface area contributed by atoms with Crippen LogP contribution in [-0.2, 0) is 4.79 Å². The number of benzene rings is 1. The van der Waals surface area contributed by atoms with E-state index in [1.807, 2.05) is 18.2 Å². The zero-order valence-corrected chi connectivity index (χ0v) is 18.4. The Morgan fingerprint density at radius 3 is 2.90 bits per heavy atom. The Kier molecular flexibility index (Phi) is 5.96. The first-order valence-electron chi connectivity index (χ1n) is 11.2. The van der Waals surface area contributed by atoms with Crippen LogP contribution in [0.25, 0.3) is 0 Å². The molecule has 0 bridgehead atoms. The third-order valence-electron chi connectivity index (χ3n) is 6.67. The summed E-state index contributed by atoms with van der Waals surface area (Å²) in [5.41, 5.74) is 1.65. The maximum Gasteiger partial charge on any atom is 0.257 e. The summed E-state index contributed by atoms with van der Waals surface area (Å²) >= 11 is 1.72. The molecule has 162 valence electrons. The lowest BCUT2D eigenvalue weighted by atomic mass is 9.85. The van der Waals surface area contributed by atoms with Gasteiger partial charge in [0.2, 0.25) is 5.91 Å². The number of carbonyl (C=O) groups is 2. The van der Waals surface area contributed by atoms with E-state index in [0.29, 0.717) is 40.5 Å². The number of hydrogen-bond donors (Lipinski definition) is 1. The van der Waals surface area contributed by atoms with Gasteiger partial charge < -0.3 is 10.2 Å². The third-order valence-corrected chi connectivity index (χ3v) is 7.79. The van der Waals surface area contributed by atoms with Gasteiger partial charge in [0.25, 0.3) is 5.91 Å². The molecule has 2 fully saturated rings. The lowest BCUT2D eigenvalue weighted by Gasteiger charge is -2.44. The fraction of sp³-hybridized carbons (Fsp3) is 0.458. The SMILES string of the molecule is O=C1Nc2cccnc2N(C(=O)CSCC2CCCN3CCCCC23)c2ccccc21. The molecule has 0 aliphatic carbocycles. The van der Waals surface area contributed by atoms with Gasteiger partial charge in [0.15, 0.2) is 5.82 Å². The summed E-state index contributed by atoms with van der Waals surface area (Å²) in [5.74, 6) is 2.29. The highest BCUT2D eigenvalue weighted by Crippen LogP contribution is 2.37. The van der Waals surface area contributed by atoms with Crippen LogP contribution in [0.4, 0.5) is 17.2 Å². The van der Waals surface area contributed by atoms with Crippen LogP contribution in [-0.4, -0.2) is 52.3 Å². The fourth-order valence-corrected chi connectivity index (χ4v) is 6.34. The highest BCUT2D eigenvalue weighted by Gasteiger charge is 2.34. The minimum Gasteiger partial charge on any atom is -0.319 e. The predicted octanol–water partition coefficient (Wildman–Crippen LogP) is 4.31. The first kappa shape index (κ1) is 20.5. The van der Waals surface area contributed by atoms with Crippen molar-refractivity contribution in [3.05, 3.63) is 48.2 Å². The molecule has 3 aliphatic rings. The van der Waals surface area contributed by atoms with Gasteiger partial charge >= 0.3 is 0 Å². The molecule has 2 saturated heterocycles. The van der Waals surface area contributed by atoms with Crippen LogP contribution in [0.3, 0.4) is 0 Å². The number of rotatable bonds is 4. The highest BCUT2D eigenvalue weighted by molar-refractivity contribution is 7.99. The van der Waals surface area contributed by atoms with Crippen molar-refractivity contribution in [3.8, 4) is 0 Å². The number of fused-ring (bicyclic) bond motifs is 3. The monoisotopic (exact) mass is 436 g/mol. The average molecular weight is 437 g/mol. The molecule has 0 radical (unpaired) electrons. The molecule has 31 heavy (non-hydrogen) atoms. The van der Waals surface area contributed by atoms with Crippen LogP contribution in [0, 0.1) is 5.92 Å². The van der Waals surface area contributed by atoms with Gasteiger partial charge in [-0.1, -0.05) is 18.6 Å². The van der Waals surface area contributed by atoms with Crippen molar-refractivity contribution < 1.29 is 9.59 Å². The van der Waals surface area contributed by atoms with Crippen LogP contribution >= 0.6 is 11.8 Å². The molecule has 2 unspecified atom stereocenters. The summed E-state index contributed by atoms with van der Waals surface area (Å²) in [7, 11) is 0. The molecule has 6 nitrogen and oxygen atoms in total. The fourth-order valence-electron chi connectivity index (χ4n) is 5.22. The number of hydrogen-bond acceptors (Lipinski definition) is 5. The maximum absolute atomic E-state index is 13.4. The van der Waals surface area contributed by atoms with Gasteiger partial charge in [0.05, 0.1) is 22.7 Å². The van der Waals surface area contributed by atoms with Crippen LogP contribution in [0.1, 0.15) is 42.5 Å². The minimum atomic E-state index is -0.215. The number of nitrogens with zero attached hydrogens (tertiary/aromatic N) is 3. The number of para-hydroxylation sites is 1. The van der Waals surface area contributed by atoms with Crippen molar-refractivity contribution in [2.45, 2.75) is 38.1 Å². The summed E-state index contributed by atoms with van der Waals surface area (Å²) in [6, 6.07) is 11.5. The quantitative estimate of drug-likeness (QED) is 0.774. The van der Waals surface area contributed by atoms with Crippen molar-refractivity contribution in [1.82, 2.24) is 9.88 Å². The standard InChI is InChI=1S/C24H28N4O2S/c29-22(16-31-15-17-7-6-14-27-13-4-3-10-20(17)27)28-21-11-2-1-8-18(21)24(30)26-19-9-5-12-25-23(19)28/h1-2,5,8-9,11-12,17,20H,3-4,6-7,10,13-16H2,(H,26,30). The van der Waals surface area contributed by atoms with E-state index in [9.17, 15) is 9.59 Å². The molecular weight excluding hydrogens is 408 g/mol. The number of aromatic nitrogens is 1. The first-order valence-corrected chi connectivity index (χ1v) is 12.4. The molecule has 2 aromatic rings. The summed E-state index contributed by atoms with van der Waals surface area (Å²) in [6.07, 6.45) is 8.13. The van der Waals surface area contributed by atoms with Gasteiger partial charge in [0, 0.05) is 12.2 Å². The Balaban J connectivity index is 1.33. The summed E-state index contributed by atoms with van der Waals surface area (Å²) in [6.45, 7) is 2.47. The number of amides is 2. The van der Waals surface area contributed by atoms with E-state index in [-0.39, 0.29) is 11.8 Å². The topological polar surface area (TPSA) is 65.5 Å². The Labute approximate surface area is 187 Å². The molecule has 0 saturated carbocycles. The number of anilines is 3. The van der Waals surface area contributed by atoms with Crippen molar-refractivity contribution in [3.63, 3.8) is 0 Å². The number of nitrogens with one attached hydrogen (secondary N) is 1. The second kappa shape index (κ2) is 9.01. The summed E-state index contributed by atoms with van der Waals surface area (Å²) in [4.78, 5) is 34.9. The molecule has 2 atom stereocenters. The van der Waals surface area contributed by atoms with Gasteiger partial charge in [-0.2, -0.15) is 11.8 Å². The molecule has 2 amide bonds. The van der Waals surface area contributed by atoms with Crippen LogP contribution in [0.15, 0.2) is 42.6 Å². The van der Waals surface area contributed by atoms with Gasteiger partial charge in [-0.3, -0.25) is 14.5 Å². The van der Waals surface area contributed by atoms with Crippen LogP contribution in [0.5, 0.6) is 0 Å². The van der Waals surface area contributed by atoms with E-state index in [2.05, 4.69) is 15.2 Å². The van der Waals surface area contributed by atoms with E-state index in [0.717, 1.165) is 5.75 Å². The number of piperidine rings is 2. The Bertz CT molecular complexity index is 980. The number of carbonyl (C=O) groups excluding carboxylic acids is 2. The van der Waals surface area contributed by atoms with Gasteiger partial charge in [-0.25, -0.2) is 4.98 Å². The van der Waals surface area contributed by atoms with E-state index in [1.54, 1.807) is 41.1 Å². The highest BCUT2D eigenvalue weighted by atomic mass is 32.2. The lowest BCUT2D eigenvalue weighted by Crippen LogP contribution is -2.48. The smallest absolute Gasteiger partial charge is 0.257 e. The Morgan fingerprint density at radius 1 is 1.10 bits per heavy atom. The predicted molar refractivity (Wildman–Crippen MR) is 125 cm³/mol. The molecule has 7 heteroatoms. The summed E-state index contributed by atoms with van der Waals surface area (Å²) < 4.78 is 0. The van der Waals surface area contributed by atoms with Crippen molar-refractivity contribution in [2.75, 3.05) is 34.8 Å². The second-order valence-electron chi connectivity index (χ2n) is 8.59. The Hall–Kier alpha value is -2.38. The first-order chi connectivity index (χ1) is 15.2. The zero-order valence-electron chi connectivity index (χ0n) is 17.6. The third kappa shape index (κ3) is 4.08. The van der Waals surface area contributed by atoms with Crippen molar-refractivity contribution >= 4 is 40.8 Å². The van der Waals surface area contributed by atoms with Gasteiger partial charge in [-0.15, -0.1) is 0 Å². The van der Waals surface area contributed by atoms with Crippen molar-refractivity contribution in [2.24, 2.45) is 5.92 Å². The van der Waals surface area contributed by atoms with E-state index in [1.165, 1.54) is 45.2 Å². The molecule has 1 aromatic heterocycles. The summed E-state index contributed by atoms with van der Waals surface area (Å²) in [5, 5.41) is 2.89. The molecule has 0 spiro atoms. The van der Waals surface area contributed by atoms with Crippen LogP contribution in [0.2, 0.25) is 0 Å². The molecule has 3 aliphatic heterocycles. The Morgan fingerprint density at radius 2 is 1.97 bits per heavy atom. The van der Waals surface area contributed by atoms with Gasteiger partial charge in [0.1, 0.15) is 0 Å².